The van der Waals surface area contributed by atoms with Gasteiger partial charge in [0.2, 0.25) is 5.91 Å². The van der Waals surface area contributed by atoms with Gasteiger partial charge in [-0.1, -0.05) is 67.6 Å². The summed E-state index contributed by atoms with van der Waals surface area (Å²) in [5.41, 5.74) is 0. The Morgan fingerprint density at radius 1 is 1.05 bits per heavy atom. The van der Waals surface area contributed by atoms with Crippen LogP contribution >= 0.6 is 8.07 Å². The molecule has 0 heterocycles. The van der Waals surface area contributed by atoms with Crippen LogP contribution in [-0.2, 0) is 4.79 Å². The number of carbonyl (C=O) groups is 1. The fourth-order valence-electron chi connectivity index (χ4n) is 1.64. The standard InChI is InChI=1S/C15H16NOP.C3H4/c1-2-15(17)16-18(13-9-5-3-6-10-13)14-11-7-4-8-12-14;1-3-2/h3-12H,2H2,1H3,(H,16,17);1H,2H3. The quantitative estimate of drug-likeness (QED) is 0.681. The van der Waals surface area contributed by atoms with Crippen molar-refractivity contribution in [2.75, 3.05) is 0 Å². The Hall–Kier alpha value is -2.10. The van der Waals surface area contributed by atoms with E-state index in [0.717, 1.165) is 0 Å². The van der Waals surface area contributed by atoms with Gasteiger partial charge in [0.15, 0.2) is 0 Å². The Labute approximate surface area is 128 Å². The molecule has 1 amide bonds. The summed E-state index contributed by atoms with van der Waals surface area (Å²) in [5, 5.41) is 5.46. The van der Waals surface area contributed by atoms with Gasteiger partial charge in [-0.25, -0.2) is 0 Å². The Bertz CT molecular complexity index is 536. The van der Waals surface area contributed by atoms with Gasteiger partial charge in [-0.05, 0) is 6.92 Å². The van der Waals surface area contributed by atoms with E-state index in [9.17, 15) is 4.79 Å². The van der Waals surface area contributed by atoms with Gasteiger partial charge in [0.1, 0.15) is 0 Å². The van der Waals surface area contributed by atoms with Gasteiger partial charge in [0.25, 0.3) is 0 Å². The summed E-state index contributed by atoms with van der Waals surface area (Å²) in [6.07, 6.45) is 5.11. The minimum absolute atomic E-state index is 0.0915. The molecule has 0 saturated carbocycles. The summed E-state index contributed by atoms with van der Waals surface area (Å²) in [6, 6.07) is 20.3. The largest absolute Gasteiger partial charge is 0.327 e. The third-order valence-corrected chi connectivity index (χ3v) is 4.69. The second-order valence-corrected chi connectivity index (χ2v) is 6.11. The van der Waals surface area contributed by atoms with Crippen LogP contribution in [0.5, 0.6) is 0 Å². The summed E-state index contributed by atoms with van der Waals surface area (Å²) >= 11 is 0. The maximum Gasteiger partial charge on any atom is 0.223 e. The molecule has 0 aliphatic heterocycles. The summed E-state index contributed by atoms with van der Waals surface area (Å²) in [6.45, 7) is 3.53. The SMILES string of the molecule is C#CC.CCC(=O)NP(c1ccccc1)c1ccccc1. The first kappa shape index (κ1) is 17.0. The third-order valence-electron chi connectivity index (χ3n) is 2.59. The fraction of sp³-hybridized carbons (Fsp3) is 0.167. The molecule has 0 saturated heterocycles. The van der Waals surface area contributed by atoms with E-state index in [2.05, 4.69) is 41.7 Å². The summed E-state index contributed by atoms with van der Waals surface area (Å²) < 4.78 is 0. The van der Waals surface area contributed by atoms with Gasteiger partial charge < -0.3 is 5.09 Å². The molecule has 2 nitrogen and oxygen atoms in total. The Kier molecular flexibility index (Phi) is 7.87. The molecule has 2 aromatic rings. The average Bonchev–Trinajstić information content (AvgIpc) is 2.54. The number of benzene rings is 2. The zero-order valence-corrected chi connectivity index (χ0v) is 13.3. The lowest BCUT2D eigenvalue weighted by molar-refractivity contribution is -0.118. The second-order valence-electron chi connectivity index (χ2n) is 4.18. The monoisotopic (exact) mass is 297 g/mol. The molecule has 2 rings (SSSR count). The minimum atomic E-state index is -0.796. The highest BCUT2D eigenvalue weighted by Crippen LogP contribution is 2.28. The van der Waals surface area contributed by atoms with E-state index < -0.39 is 8.07 Å². The van der Waals surface area contributed by atoms with Gasteiger partial charge in [-0.2, -0.15) is 0 Å². The zero-order chi connectivity index (χ0) is 15.5. The lowest BCUT2D eigenvalue weighted by atomic mass is 10.4. The highest BCUT2D eigenvalue weighted by Gasteiger charge is 2.15. The molecule has 0 bridgehead atoms. The third kappa shape index (κ3) is 5.81. The smallest absolute Gasteiger partial charge is 0.223 e. The maximum atomic E-state index is 11.7. The Morgan fingerprint density at radius 3 is 1.76 bits per heavy atom. The number of terminal acetylenes is 1. The van der Waals surface area contributed by atoms with Crippen LogP contribution in [0, 0.1) is 12.3 Å². The van der Waals surface area contributed by atoms with E-state index in [-0.39, 0.29) is 5.91 Å². The first-order valence-electron chi connectivity index (χ1n) is 6.80. The van der Waals surface area contributed by atoms with Crippen LogP contribution in [0.2, 0.25) is 0 Å². The van der Waals surface area contributed by atoms with Gasteiger partial charge >= 0.3 is 0 Å². The number of rotatable bonds is 4. The average molecular weight is 297 g/mol. The molecule has 3 heteroatoms. The molecule has 0 aliphatic rings. The molecule has 1 N–H and O–H groups in total. The molecule has 0 fully saturated rings. The van der Waals surface area contributed by atoms with Crippen molar-refractivity contribution in [3.8, 4) is 12.3 Å². The van der Waals surface area contributed by atoms with E-state index in [1.165, 1.54) is 10.6 Å². The number of hydrogen-bond acceptors (Lipinski definition) is 1. The van der Waals surface area contributed by atoms with E-state index in [1.54, 1.807) is 6.92 Å². The van der Waals surface area contributed by atoms with Gasteiger partial charge in [0, 0.05) is 17.0 Å². The molecule has 0 aliphatic carbocycles. The van der Waals surface area contributed by atoms with Crippen molar-refractivity contribution in [1.82, 2.24) is 5.09 Å². The van der Waals surface area contributed by atoms with Crippen molar-refractivity contribution in [2.24, 2.45) is 0 Å². The van der Waals surface area contributed by atoms with Crippen LogP contribution < -0.4 is 15.7 Å². The van der Waals surface area contributed by atoms with Crippen molar-refractivity contribution in [3.05, 3.63) is 60.7 Å². The van der Waals surface area contributed by atoms with E-state index in [4.69, 9.17) is 0 Å². The summed E-state index contributed by atoms with van der Waals surface area (Å²) in [7, 11) is -0.796. The van der Waals surface area contributed by atoms with Gasteiger partial charge in [0.05, 0.1) is 8.07 Å². The Morgan fingerprint density at radius 2 is 1.43 bits per heavy atom. The number of nitrogens with one attached hydrogen (secondary N) is 1. The molecular weight excluding hydrogens is 277 g/mol. The van der Waals surface area contributed by atoms with E-state index >= 15 is 0 Å². The molecule has 2 aromatic carbocycles. The van der Waals surface area contributed by atoms with Crippen LogP contribution in [-0.4, -0.2) is 5.91 Å². The summed E-state index contributed by atoms with van der Waals surface area (Å²) in [4.78, 5) is 11.7. The Balaban J connectivity index is 0.000000677. The fourth-order valence-corrected chi connectivity index (χ4v) is 3.54. The highest BCUT2D eigenvalue weighted by atomic mass is 31.1. The molecular formula is C18H20NOP. The first-order chi connectivity index (χ1) is 10.2. The molecule has 0 radical (unpaired) electrons. The molecule has 0 unspecified atom stereocenters. The lowest BCUT2D eigenvalue weighted by Gasteiger charge is -2.19. The maximum absolute atomic E-state index is 11.7. The molecule has 108 valence electrons. The van der Waals surface area contributed by atoms with Gasteiger partial charge in [-0.15, -0.1) is 12.3 Å². The van der Waals surface area contributed by atoms with Crippen molar-refractivity contribution in [3.63, 3.8) is 0 Å². The normalized spacial score (nSPS) is 9.24. The van der Waals surface area contributed by atoms with Crippen molar-refractivity contribution in [2.45, 2.75) is 20.3 Å². The summed E-state index contributed by atoms with van der Waals surface area (Å²) in [5.74, 6) is 2.34. The molecule has 0 atom stereocenters. The van der Waals surface area contributed by atoms with Gasteiger partial charge in [-0.3, -0.25) is 4.79 Å². The number of carbonyl (C=O) groups excluding carboxylic acids is 1. The van der Waals surface area contributed by atoms with E-state index in [1.807, 2.05) is 43.3 Å². The van der Waals surface area contributed by atoms with Crippen LogP contribution in [0.15, 0.2) is 60.7 Å². The second kappa shape index (κ2) is 9.75. The zero-order valence-electron chi connectivity index (χ0n) is 12.4. The molecule has 21 heavy (non-hydrogen) atoms. The lowest BCUT2D eigenvalue weighted by Crippen LogP contribution is -2.27. The van der Waals surface area contributed by atoms with Crippen LogP contribution in [0.25, 0.3) is 0 Å². The predicted molar refractivity (Wildman–Crippen MR) is 92.0 cm³/mol. The van der Waals surface area contributed by atoms with Crippen LogP contribution in [0.4, 0.5) is 0 Å². The topological polar surface area (TPSA) is 29.1 Å². The van der Waals surface area contributed by atoms with Crippen LogP contribution in [0.3, 0.4) is 0 Å². The number of amides is 1. The first-order valence-corrected chi connectivity index (χ1v) is 8.14. The van der Waals surface area contributed by atoms with Crippen molar-refractivity contribution < 1.29 is 4.79 Å². The molecule has 0 aromatic heterocycles. The van der Waals surface area contributed by atoms with E-state index in [0.29, 0.717) is 6.42 Å². The molecule has 0 spiro atoms. The van der Waals surface area contributed by atoms with Crippen molar-refractivity contribution >= 4 is 24.6 Å². The van der Waals surface area contributed by atoms with Crippen LogP contribution in [0.1, 0.15) is 20.3 Å². The minimum Gasteiger partial charge on any atom is -0.327 e. The predicted octanol–water partition coefficient (Wildman–Crippen LogP) is 3.20. The van der Waals surface area contributed by atoms with Crippen molar-refractivity contribution in [1.29, 1.82) is 0 Å². The highest BCUT2D eigenvalue weighted by molar-refractivity contribution is 7.71. The number of hydrogen-bond donors (Lipinski definition) is 1.